The summed E-state index contributed by atoms with van der Waals surface area (Å²) in [5, 5.41) is 8.31. The van der Waals surface area contributed by atoms with Crippen LogP contribution < -0.4 is 0 Å². The number of rotatable bonds is 3. The molecular weight excluding hydrogens is 196 g/mol. The molecule has 72 valence electrons. The lowest BCUT2D eigenvalue weighted by atomic mass is 10.2. The number of aryl methyl sites for hydroxylation is 1. The molecule has 0 bridgehead atoms. The number of thiophene rings is 1. The van der Waals surface area contributed by atoms with Crippen molar-refractivity contribution in [3.63, 3.8) is 0 Å². The molecule has 0 saturated carbocycles. The van der Waals surface area contributed by atoms with E-state index in [2.05, 4.69) is 5.10 Å². The molecule has 0 aliphatic carbocycles. The highest BCUT2D eigenvalue weighted by molar-refractivity contribution is 7.08. The molecule has 0 saturated heterocycles. The number of carbonyl (C=O) groups excluding carboxylic acids is 1. The fourth-order valence-electron chi connectivity index (χ4n) is 1.31. The summed E-state index contributed by atoms with van der Waals surface area (Å²) < 4.78 is 1.77. The van der Waals surface area contributed by atoms with E-state index in [-0.39, 0.29) is 0 Å². The first kappa shape index (κ1) is 9.15. The lowest BCUT2D eigenvalue weighted by Crippen LogP contribution is -1.93. The summed E-state index contributed by atoms with van der Waals surface area (Å²) in [7, 11) is 0. The van der Waals surface area contributed by atoms with E-state index in [4.69, 9.17) is 0 Å². The van der Waals surface area contributed by atoms with Crippen molar-refractivity contribution in [2.45, 2.75) is 13.5 Å². The summed E-state index contributed by atoms with van der Waals surface area (Å²) in [5.74, 6) is 0. The van der Waals surface area contributed by atoms with Crippen LogP contribution >= 0.6 is 11.3 Å². The van der Waals surface area contributed by atoms with Crippen molar-refractivity contribution in [2.24, 2.45) is 0 Å². The van der Waals surface area contributed by atoms with E-state index in [1.807, 2.05) is 23.8 Å². The molecule has 0 aliphatic heterocycles. The second-order valence-corrected chi connectivity index (χ2v) is 3.70. The fraction of sp³-hybridized carbons (Fsp3) is 0.200. The molecule has 4 heteroatoms. The van der Waals surface area contributed by atoms with Crippen molar-refractivity contribution in [3.8, 4) is 11.3 Å². The fourth-order valence-corrected chi connectivity index (χ4v) is 1.95. The van der Waals surface area contributed by atoms with Crippen LogP contribution in [0.25, 0.3) is 11.3 Å². The Balaban J connectivity index is 2.51. The van der Waals surface area contributed by atoms with Gasteiger partial charge in [-0.1, -0.05) is 0 Å². The molecule has 2 rings (SSSR count). The van der Waals surface area contributed by atoms with E-state index < -0.39 is 0 Å². The highest BCUT2D eigenvalue weighted by atomic mass is 32.1. The van der Waals surface area contributed by atoms with Gasteiger partial charge in [0.2, 0.25) is 0 Å². The predicted molar refractivity (Wildman–Crippen MR) is 56.6 cm³/mol. The Kier molecular flexibility index (Phi) is 2.45. The number of hydrogen-bond donors (Lipinski definition) is 0. The second-order valence-electron chi connectivity index (χ2n) is 2.92. The molecule has 14 heavy (non-hydrogen) atoms. The Bertz CT molecular complexity index is 431. The minimum atomic E-state index is 0.658. The van der Waals surface area contributed by atoms with Gasteiger partial charge in [-0.05, 0) is 18.4 Å². The van der Waals surface area contributed by atoms with Gasteiger partial charge >= 0.3 is 0 Å². The van der Waals surface area contributed by atoms with Crippen molar-refractivity contribution in [2.75, 3.05) is 0 Å². The van der Waals surface area contributed by atoms with Crippen LogP contribution in [0.5, 0.6) is 0 Å². The average Bonchev–Trinajstić information content (AvgIpc) is 2.85. The zero-order valence-corrected chi connectivity index (χ0v) is 8.62. The molecule has 0 aliphatic rings. The van der Waals surface area contributed by atoms with Gasteiger partial charge in [-0.25, -0.2) is 0 Å². The van der Waals surface area contributed by atoms with Crippen molar-refractivity contribution in [3.05, 3.63) is 28.6 Å². The quantitative estimate of drug-likeness (QED) is 0.723. The highest BCUT2D eigenvalue weighted by Crippen LogP contribution is 2.23. The molecule has 0 radical (unpaired) electrons. The van der Waals surface area contributed by atoms with Crippen LogP contribution in [0, 0.1) is 0 Å². The molecule has 0 atom stereocenters. The van der Waals surface area contributed by atoms with Gasteiger partial charge in [-0.3, -0.25) is 9.48 Å². The summed E-state index contributed by atoms with van der Waals surface area (Å²) in [5.41, 5.74) is 2.46. The molecule has 0 unspecified atom stereocenters. The first-order valence-electron chi connectivity index (χ1n) is 4.40. The Morgan fingerprint density at radius 2 is 2.50 bits per heavy atom. The molecule has 3 nitrogen and oxygen atoms in total. The molecular formula is C10H10N2OS. The third-order valence-corrected chi connectivity index (χ3v) is 2.72. The van der Waals surface area contributed by atoms with Crippen LogP contribution in [0.15, 0.2) is 23.0 Å². The minimum Gasteiger partial charge on any atom is -0.298 e. The van der Waals surface area contributed by atoms with Gasteiger partial charge in [0.1, 0.15) is 5.69 Å². The Labute approximate surface area is 86.0 Å². The Morgan fingerprint density at radius 1 is 1.64 bits per heavy atom. The number of aromatic nitrogens is 2. The smallest absolute Gasteiger partial charge is 0.153 e. The van der Waals surface area contributed by atoms with Gasteiger partial charge < -0.3 is 0 Å². The van der Waals surface area contributed by atoms with E-state index in [1.54, 1.807) is 22.2 Å². The topological polar surface area (TPSA) is 34.9 Å². The van der Waals surface area contributed by atoms with Crippen LogP contribution in [0.4, 0.5) is 0 Å². The molecule has 2 aromatic heterocycles. The third-order valence-electron chi connectivity index (χ3n) is 2.04. The Hall–Kier alpha value is -1.42. The number of nitrogens with zero attached hydrogens (tertiary/aromatic N) is 2. The highest BCUT2D eigenvalue weighted by Gasteiger charge is 2.09. The summed E-state index contributed by atoms with van der Waals surface area (Å²) in [6, 6.07) is 1.97. The molecule has 0 amide bonds. The van der Waals surface area contributed by atoms with Gasteiger partial charge in [0, 0.05) is 23.7 Å². The molecule has 2 aromatic rings. The van der Waals surface area contributed by atoms with Crippen LogP contribution in [-0.2, 0) is 6.54 Å². The normalized spacial score (nSPS) is 10.4. The average molecular weight is 206 g/mol. The van der Waals surface area contributed by atoms with E-state index in [0.29, 0.717) is 5.56 Å². The number of aldehydes is 1. The zero-order valence-electron chi connectivity index (χ0n) is 7.80. The lowest BCUT2D eigenvalue weighted by molar-refractivity contribution is 0.112. The van der Waals surface area contributed by atoms with E-state index >= 15 is 0 Å². The molecule has 0 N–H and O–H groups in total. The van der Waals surface area contributed by atoms with Gasteiger partial charge in [0.15, 0.2) is 6.29 Å². The molecule has 0 aromatic carbocycles. The zero-order chi connectivity index (χ0) is 9.97. The predicted octanol–water partition coefficient (Wildman–Crippen LogP) is 2.44. The van der Waals surface area contributed by atoms with Crippen LogP contribution in [0.2, 0.25) is 0 Å². The number of carbonyl (C=O) groups is 1. The van der Waals surface area contributed by atoms with Crippen molar-refractivity contribution >= 4 is 17.6 Å². The summed E-state index contributed by atoms with van der Waals surface area (Å²) >= 11 is 1.61. The monoisotopic (exact) mass is 206 g/mol. The standard InChI is InChI=1S/C10H10N2OS/c1-2-12-5-9(6-13)10(11-12)8-3-4-14-7-8/h3-7H,2H2,1H3. The largest absolute Gasteiger partial charge is 0.298 e. The van der Waals surface area contributed by atoms with Gasteiger partial charge in [-0.15, -0.1) is 0 Å². The van der Waals surface area contributed by atoms with E-state index in [9.17, 15) is 4.79 Å². The molecule has 0 spiro atoms. The van der Waals surface area contributed by atoms with Crippen LogP contribution in [0.1, 0.15) is 17.3 Å². The van der Waals surface area contributed by atoms with Crippen molar-refractivity contribution < 1.29 is 4.79 Å². The maximum atomic E-state index is 10.8. The van der Waals surface area contributed by atoms with Crippen molar-refractivity contribution in [1.29, 1.82) is 0 Å². The maximum Gasteiger partial charge on any atom is 0.153 e. The summed E-state index contributed by atoms with van der Waals surface area (Å²) in [4.78, 5) is 10.8. The first-order chi connectivity index (χ1) is 6.85. The summed E-state index contributed by atoms with van der Waals surface area (Å²) in [6.07, 6.45) is 2.63. The SMILES string of the molecule is CCn1cc(C=O)c(-c2ccsc2)n1. The lowest BCUT2D eigenvalue weighted by Gasteiger charge is -1.92. The van der Waals surface area contributed by atoms with Gasteiger partial charge in [0.25, 0.3) is 0 Å². The van der Waals surface area contributed by atoms with E-state index in [0.717, 1.165) is 24.1 Å². The molecule has 0 fully saturated rings. The van der Waals surface area contributed by atoms with Crippen LogP contribution in [-0.4, -0.2) is 16.1 Å². The van der Waals surface area contributed by atoms with Crippen LogP contribution in [0.3, 0.4) is 0 Å². The van der Waals surface area contributed by atoms with Gasteiger partial charge in [0.05, 0.1) is 5.56 Å². The second kappa shape index (κ2) is 3.75. The van der Waals surface area contributed by atoms with Gasteiger partial charge in [-0.2, -0.15) is 16.4 Å². The minimum absolute atomic E-state index is 0.658. The molecule has 2 heterocycles. The first-order valence-corrected chi connectivity index (χ1v) is 5.34. The third kappa shape index (κ3) is 1.48. The Morgan fingerprint density at radius 3 is 3.07 bits per heavy atom. The number of hydrogen-bond acceptors (Lipinski definition) is 3. The maximum absolute atomic E-state index is 10.8. The van der Waals surface area contributed by atoms with E-state index in [1.165, 1.54) is 0 Å². The summed E-state index contributed by atoms with van der Waals surface area (Å²) in [6.45, 7) is 2.78. The van der Waals surface area contributed by atoms with Crippen molar-refractivity contribution in [1.82, 2.24) is 9.78 Å².